The van der Waals surface area contributed by atoms with Crippen molar-refractivity contribution in [2.45, 2.75) is 11.8 Å². The van der Waals surface area contributed by atoms with Crippen molar-refractivity contribution in [2.75, 3.05) is 11.6 Å². The second-order valence-electron chi connectivity index (χ2n) is 4.72. The van der Waals surface area contributed by atoms with Crippen molar-refractivity contribution in [3.63, 3.8) is 0 Å². The summed E-state index contributed by atoms with van der Waals surface area (Å²) in [4.78, 5) is 12.3. The van der Waals surface area contributed by atoms with Crippen LogP contribution in [0.4, 0.5) is 5.69 Å². The molecule has 0 aliphatic heterocycles. The molecule has 6 heteroatoms. The van der Waals surface area contributed by atoms with E-state index in [4.69, 9.17) is 0 Å². The highest BCUT2D eigenvalue weighted by molar-refractivity contribution is 9.10. The fraction of sp³-hybridized carbons (Fsp3) is 0.133. The fourth-order valence-corrected chi connectivity index (χ4v) is 2.71. The molecule has 0 saturated carbocycles. The van der Waals surface area contributed by atoms with Crippen LogP contribution < -0.4 is 5.32 Å². The number of carbonyl (C=O) groups excluding carboxylic acids is 1. The molecule has 0 unspecified atom stereocenters. The molecule has 4 nitrogen and oxygen atoms in total. The Bertz CT molecular complexity index is 800. The van der Waals surface area contributed by atoms with Crippen molar-refractivity contribution in [1.82, 2.24) is 0 Å². The van der Waals surface area contributed by atoms with Crippen LogP contribution in [0.25, 0.3) is 0 Å². The molecule has 2 aromatic rings. The van der Waals surface area contributed by atoms with Gasteiger partial charge in [0.05, 0.1) is 4.90 Å². The zero-order valence-electron chi connectivity index (χ0n) is 11.6. The summed E-state index contributed by atoms with van der Waals surface area (Å²) in [6, 6.07) is 11.4. The van der Waals surface area contributed by atoms with Gasteiger partial charge in [-0.15, -0.1) is 0 Å². The zero-order chi connectivity index (χ0) is 15.6. The fourth-order valence-electron chi connectivity index (χ4n) is 1.79. The molecule has 0 aromatic heterocycles. The number of amides is 1. The number of rotatable bonds is 3. The molecular weight excluding hydrogens is 354 g/mol. The maximum atomic E-state index is 12.2. The van der Waals surface area contributed by atoms with E-state index in [0.29, 0.717) is 11.3 Å². The number of sulfone groups is 1. The third-order valence-electron chi connectivity index (χ3n) is 2.94. The van der Waals surface area contributed by atoms with Gasteiger partial charge in [0.15, 0.2) is 9.84 Å². The van der Waals surface area contributed by atoms with Crippen molar-refractivity contribution in [3.8, 4) is 0 Å². The predicted molar refractivity (Wildman–Crippen MR) is 86.4 cm³/mol. The normalized spacial score (nSPS) is 11.2. The molecule has 21 heavy (non-hydrogen) atoms. The van der Waals surface area contributed by atoms with Crippen molar-refractivity contribution >= 4 is 37.4 Å². The Balaban J connectivity index is 2.26. The highest BCUT2D eigenvalue weighted by Crippen LogP contribution is 2.21. The summed E-state index contributed by atoms with van der Waals surface area (Å²) in [7, 11) is -3.33. The Hall–Kier alpha value is -1.66. The second-order valence-corrected chi connectivity index (χ2v) is 7.59. The lowest BCUT2D eigenvalue weighted by Gasteiger charge is -2.08. The minimum atomic E-state index is -3.33. The van der Waals surface area contributed by atoms with Crippen LogP contribution in [-0.4, -0.2) is 20.6 Å². The van der Waals surface area contributed by atoms with Gasteiger partial charge < -0.3 is 5.32 Å². The molecule has 2 aromatic carbocycles. The summed E-state index contributed by atoms with van der Waals surface area (Å²) in [5, 5.41) is 2.75. The molecule has 0 atom stereocenters. The molecule has 0 saturated heterocycles. The molecule has 1 amide bonds. The first-order valence-corrected chi connectivity index (χ1v) is 8.83. The van der Waals surface area contributed by atoms with Gasteiger partial charge in [-0.3, -0.25) is 4.79 Å². The lowest BCUT2D eigenvalue weighted by Crippen LogP contribution is -2.12. The second kappa shape index (κ2) is 5.99. The van der Waals surface area contributed by atoms with Gasteiger partial charge >= 0.3 is 0 Å². The van der Waals surface area contributed by atoms with E-state index in [0.717, 1.165) is 16.3 Å². The molecule has 0 radical (unpaired) electrons. The highest BCUT2D eigenvalue weighted by Gasteiger charge is 2.12. The number of nitrogens with one attached hydrogen (secondary N) is 1. The molecule has 0 aliphatic rings. The van der Waals surface area contributed by atoms with Gasteiger partial charge in [-0.05, 0) is 48.9 Å². The van der Waals surface area contributed by atoms with Crippen molar-refractivity contribution in [3.05, 3.63) is 58.1 Å². The average molecular weight is 368 g/mol. The summed E-state index contributed by atoms with van der Waals surface area (Å²) in [5.41, 5.74) is 1.96. The Morgan fingerprint density at radius 2 is 1.86 bits per heavy atom. The van der Waals surface area contributed by atoms with E-state index in [1.54, 1.807) is 18.2 Å². The van der Waals surface area contributed by atoms with Crippen LogP contribution >= 0.6 is 15.9 Å². The Kier molecular flexibility index (Phi) is 4.49. The van der Waals surface area contributed by atoms with Crippen LogP contribution in [0, 0.1) is 6.92 Å². The van der Waals surface area contributed by atoms with Crippen LogP contribution in [0.15, 0.2) is 51.8 Å². The molecular formula is C15H14BrNO3S. The van der Waals surface area contributed by atoms with Crippen LogP contribution in [0.2, 0.25) is 0 Å². The lowest BCUT2D eigenvalue weighted by atomic mass is 10.2. The van der Waals surface area contributed by atoms with Gasteiger partial charge in [-0.25, -0.2) is 8.42 Å². The van der Waals surface area contributed by atoms with Gasteiger partial charge in [-0.2, -0.15) is 0 Å². The van der Waals surface area contributed by atoms with Gasteiger partial charge in [0.1, 0.15) is 0 Å². The Morgan fingerprint density at radius 1 is 1.14 bits per heavy atom. The maximum absolute atomic E-state index is 12.2. The number of anilines is 1. The quantitative estimate of drug-likeness (QED) is 0.903. The van der Waals surface area contributed by atoms with Crippen molar-refractivity contribution in [1.29, 1.82) is 0 Å². The third kappa shape index (κ3) is 3.92. The van der Waals surface area contributed by atoms with E-state index < -0.39 is 9.84 Å². The van der Waals surface area contributed by atoms with E-state index in [9.17, 15) is 13.2 Å². The first-order valence-electron chi connectivity index (χ1n) is 6.15. The molecule has 0 aliphatic carbocycles. The van der Waals surface area contributed by atoms with Crippen LogP contribution in [-0.2, 0) is 9.84 Å². The van der Waals surface area contributed by atoms with E-state index in [1.807, 2.05) is 19.1 Å². The molecule has 0 fully saturated rings. The van der Waals surface area contributed by atoms with Crippen molar-refractivity contribution in [2.24, 2.45) is 0 Å². The molecule has 0 spiro atoms. The standard InChI is InChI=1S/C15H14BrNO3S/c1-10-8-12(6-7-14(10)16)17-15(18)11-4-3-5-13(9-11)21(2,19)20/h3-9H,1-2H3,(H,17,18). The largest absolute Gasteiger partial charge is 0.322 e. The molecule has 110 valence electrons. The van der Waals surface area contributed by atoms with Gasteiger partial charge in [-0.1, -0.05) is 22.0 Å². The van der Waals surface area contributed by atoms with Gasteiger partial charge in [0, 0.05) is 22.0 Å². The number of halogens is 1. The summed E-state index contributed by atoms with van der Waals surface area (Å²) in [6.07, 6.45) is 1.11. The van der Waals surface area contributed by atoms with E-state index >= 15 is 0 Å². The number of aryl methyl sites for hydroxylation is 1. The number of hydrogen-bond donors (Lipinski definition) is 1. The molecule has 2 rings (SSSR count). The van der Waals surface area contributed by atoms with E-state index in [2.05, 4.69) is 21.2 Å². The molecule has 1 N–H and O–H groups in total. The van der Waals surface area contributed by atoms with E-state index in [-0.39, 0.29) is 10.8 Å². The summed E-state index contributed by atoms with van der Waals surface area (Å²) >= 11 is 3.39. The number of carbonyl (C=O) groups is 1. The Labute approximate surface area is 132 Å². The summed E-state index contributed by atoms with van der Waals surface area (Å²) in [6.45, 7) is 1.92. The smallest absolute Gasteiger partial charge is 0.255 e. The number of benzene rings is 2. The highest BCUT2D eigenvalue weighted by atomic mass is 79.9. The Morgan fingerprint density at radius 3 is 2.48 bits per heavy atom. The minimum Gasteiger partial charge on any atom is -0.322 e. The molecule has 0 heterocycles. The zero-order valence-corrected chi connectivity index (χ0v) is 14.0. The first-order chi connectivity index (χ1) is 9.77. The first kappa shape index (κ1) is 15.7. The number of hydrogen-bond acceptors (Lipinski definition) is 3. The molecule has 0 bridgehead atoms. The summed E-state index contributed by atoms with van der Waals surface area (Å²) in [5.74, 6) is -0.345. The SMILES string of the molecule is Cc1cc(NC(=O)c2cccc(S(C)(=O)=O)c2)ccc1Br. The lowest BCUT2D eigenvalue weighted by molar-refractivity contribution is 0.102. The summed E-state index contributed by atoms with van der Waals surface area (Å²) < 4.78 is 24.0. The topological polar surface area (TPSA) is 63.2 Å². The monoisotopic (exact) mass is 367 g/mol. The average Bonchev–Trinajstić information content (AvgIpc) is 2.42. The maximum Gasteiger partial charge on any atom is 0.255 e. The third-order valence-corrected chi connectivity index (χ3v) is 4.94. The van der Waals surface area contributed by atoms with Crippen molar-refractivity contribution < 1.29 is 13.2 Å². The minimum absolute atomic E-state index is 0.127. The predicted octanol–water partition coefficient (Wildman–Crippen LogP) is 3.41. The van der Waals surface area contributed by atoms with Crippen LogP contribution in [0.3, 0.4) is 0 Å². The van der Waals surface area contributed by atoms with Gasteiger partial charge in [0.25, 0.3) is 5.91 Å². The van der Waals surface area contributed by atoms with Crippen LogP contribution in [0.5, 0.6) is 0 Å². The van der Waals surface area contributed by atoms with E-state index in [1.165, 1.54) is 12.1 Å². The van der Waals surface area contributed by atoms with Gasteiger partial charge in [0.2, 0.25) is 0 Å². The van der Waals surface area contributed by atoms with Crippen LogP contribution in [0.1, 0.15) is 15.9 Å².